The van der Waals surface area contributed by atoms with Gasteiger partial charge in [0.1, 0.15) is 0 Å². The van der Waals surface area contributed by atoms with E-state index in [0.29, 0.717) is 5.02 Å². The molecule has 1 rings (SSSR count). The predicted octanol–water partition coefficient (Wildman–Crippen LogP) is 1.39. The Bertz CT molecular complexity index is 276. The van der Waals surface area contributed by atoms with Gasteiger partial charge in [-0.3, -0.25) is 4.98 Å². The number of halogens is 1. The maximum absolute atomic E-state index is 5.81. The van der Waals surface area contributed by atoms with Crippen molar-refractivity contribution in [1.82, 2.24) is 15.2 Å². The lowest BCUT2D eigenvalue weighted by atomic mass is 10.3. The molecule has 4 heteroatoms. The Morgan fingerprint density at radius 1 is 1.43 bits per heavy atom. The first-order chi connectivity index (χ1) is 6.68. The zero-order valence-corrected chi connectivity index (χ0v) is 9.38. The van der Waals surface area contributed by atoms with Crippen LogP contribution in [-0.2, 0) is 6.54 Å². The summed E-state index contributed by atoms with van der Waals surface area (Å²) in [7, 11) is 4.12. The highest BCUT2D eigenvalue weighted by atomic mass is 35.5. The molecule has 1 heterocycles. The van der Waals surface area contributed by atoms with Crippen molar-refractivity contribution >= 4 is 11.6 Å². The largest absolute Gasteiger partial charge is 0.311 e. The highest BCUT2D eigenvalue weighted by molar-refractivity contribution is 6.30. The van der Waals surface area contributed by atoms with Gasteiger partial charge in [0, 0.05) is 32.0 Å². The number of likely N-dealkylation sites (N-methyl/N-ethyl adjacent to an activating group) is 1. The van der Waals surface area contributed by atoms with E-state index in [0.717, 1.165) is 25.2 Å². The van der Waals surface area contributed by atoms with Crippen LogP contribution in [0.2, 0.25) is 5.02 Å². The number of nitrogens with zero attached hydrogens (tertiary/aromatic N) is 2. The molecule has 0 fully saturated rings. The monoisotopic (exact) mass is 213 g/mol. The molecule has 0 bridgehead atoms. The molecule has 0 radical (unpaired) electrons. The van der Waals surface area contributed by atoms with Gasteiger partial charge in [0.25, 0.3) is 0 Å². The highest BCUT2D eigenvalue weighted by Crippen LogP contribution is 2.07. The van der Waals surface area contributed by atoms with Gasteiger partial charge in [0.15, 0.2) is 0 Å². The summed E-state index contributed by atoms with van der Waals surface area (Å²) in [5.74, 6) is 0. The van der Waals surface area contributed by atoms with Gasteiger partial charge in [-0.15, -0.1) is 0 Å². The molecule has 0 aliphatic rings. The molecule has 0 saturated carbocycles. The van der Waals surface area contributed by atoms with Crippen molar-refractivity contribution in [2.75, 3.05) is 27.2 Å². The minimum Gasteiger partial charge on any atom is -0.311 e. The number of rotatable bonds is 5. The summed E-state index contributed by atoms with van der Waals surface area (Å²) < 4.78 is 0. The van der Waals surface area contributed by atoms with E-state index in [1.807, 2.05) is 12.3 Å². The average Bonchev–Trinajstić information content (AvgIpc) is 2.12. The van der Waals surface area contributed by atoms with Gasteiger partial charge in [0.2, 0.25) is 0 Å². The van der Waals surface area contributed by atoms with Crippen LogP contribution in [0.1, 0.15) is 5.56 Å². The maximum Gasteiger partial charge on any atom is 0.0592 e. The first kappa shape index (κ1) is 11.4. The van der Waals surface area contributed by atoms with Gasteiger partial charge in [0.05, 0.1) is 5.02 Å². The third kappa shape index (κ3) is 4.56. The Morgan fingerprint density at radius 2 is 2.21 bits per heavy atom. The molecule has 1 aromatic heterocycles. The van der Waals surface area contributed by atoms with Crippen molar-refractivity contribution in [1.29, 1.82) is 0 Å². The van der Waals surface area contributed by atoms with Crippen LogP contribution in [0.15, 0.2) is 18.5 Å². The lowest BCUT2D eigenvalue weighted by Gasteiger charge is -2.10. The van der Waals surface area contributed by atoms with Gasteiger partial charge in [-0.05, 0) is 25.7 Å². The fourth-order valence-electron chi connectivity index (χ4n) is 1.09. The molecular weight excluding hydrogens is 198 g/mol. The van der Waals surface area contributed by atoms with E-state index in [-0.39, 0.29) is 0 Å². The molecule has 0 saturated heterocycles. The van der Waals surface area contributed by atoms with E-state index >= 15 is 0 Å². The molecule has 0 atom stereocenters. The van der Waals surface area contributed by atoms with Crippen LogP contribution in [0.4, 0.5) is 0 Å². The smallest absolute Gasteiger partial charge is 0.0592 e. The zero-order valence-electron chi connectivity index (χ0n) is 8.63. The normalized spacial score (nSPS) is 10.9. The lowest BCUT2D eigenvalue weighted by molar-refractivity contribution is 0.400. The van der Waals surface area contributed by atoms with Gasteiger partial charge in [-0.25, -0.2) is 0 Å². The Labute approximate surface area is 90.1 Å². The number of pyridine rings is 1. The molecule has 14 heavy (non-hydrogen) atoms. The molecule has 78 valence electrons. The van der Waals surface area contributed by atoms with Crippen LogP contribution >= 0.6 is 11.6 Å². The van der Waals surface area contributed by atoms with Crippen LogP contribution < -0.4 is 5.32 Å². The number of hydrogen-bond donors (Lipinski definition) is 1. The molecule has 1 aromatic rings. The number of aromatic nitrogens is 1. The molecular formula is C10H16ClN3. The fraction of sp³-hybridized carbons (Fsp3) is 0.500. The topological polar surface area (TPSA) is 28.2 Å². The Morgan fingerprint density at radius 3 is 2.86 bits per heavy atom. The molecule has 1 N–H and O–H groups in total. The standard InChI is InChI=1S/C10H16ClN3/c1-14(2)4-3-12-6-9-5-10(11)8-13-7-9/h5,7-8,12H,3-4,6H2,1-2H3. The summed E-state index contributed by atoms with van der Waals surface area (Å²) in [4.78, 5) is 6.16. The Hall–Kier alpha value is -0.640. The van der Waals surface area contributed by atoms with Crippen molar-refractivity contribution in [2.24, 2.45) is 0 Å². The van der Waals surface area contributed by atoms with Crippen molar-refractivity contribution in [2.45, 2.75) is 6.54 Å². The fourth-order valence-corrected chi connectivity index (χ4v) is 1.28. The van der Waals surface area contributed by atoms with Crippen molar-refractivity contribution in [3.63, 3.8) is 0 Å². The molecule has 0 amide bonds. The van der Waals surface area contributed by atoms with E-state index in [9.17, 15) is 0 Å². The van der Waals surface area contributed by atoms with Crippen LogP contribution in [0.3, 0.4) is 0 Å². The van der Waals surface area contributed by atoms with E-state index in [1.54, 1.807) is 6.20 Å². The first-order valence-corrected chi connectivity index (χ1v) is 5.01. The minimum absolute atomic E-state index is 0.692. The number of hydrogen-bond acceptors (Lipinski definition) is 3. The minimum atomic E-state index is 0.692. The summed E-state index contributed by atoms with van der Waals surface area (Å²) in [6.45, 7) is 2.83. The average molecular weight is 214 g/mol. The summed E-state index contributed by atoms with van der Waals surface area (Å²) in [5, 5.41) is 4.01. The van der Waals surface area contributed by atoms with Crippen molar-refractivity contribution in [3.8, 4) is 0 Å². The van der Waals surface area contributed by atoms with Crippen molar-refractivity contribution < 1.29 is 0 Å². The third-order valence-corrected chi connectivity index (χ3v) is 2.03. The molecule has 0 unspecified atom stereocenters. The lowest BCUT2D eigenvalue weighted by Crippen LogP contribution is -2.26. The van der Waals surface area contributed by atoms with E-state index in [2.05, 4.69) is 29.3 Å². The second-order valence-corrected chi connectivity index (χ2v) is 3.93. The molecule has 0 spiro atoms. The van der Waals surface area contributed by atoms with Crippen LogP contribution in [-0.4, -0.2) is 37.1 Å². The Kier molecular flexibility index (Phi) is 4.87. The maximum atomic E-state index is 5.81. The summed E-state index contributed by atoms with van der Waals surface area (Å²) >= 11 is 5.81. The first-order valence-electron chi connectivity index (χ1n) is 4.63. The van der Waals surface area contributed by atoms with Gasteiger partial charge >= 0.3 is 0 Å². The second-order valence-electron chi connectivity index (χ2n) is 3.49. The summed E-state index contributed by atoms with van der Waals surface area (Å²) in [5.41, 5.74) is 1.12. The SMILES string of the molecule is CN(C)CCNCc1cncc(Cl)c1. The van der Waals surface area contributed by atoms with E-state index in [1.165, 1.54) is 0 Å². The van der Waals surface area contributed by atoms with Gasteiger partial charge in [-0.2, -0.15) is 0 Å². The number of nitrogens with one attached hydrogen (secondary N) is 1. The quantitative estimate of drug-likeness (QED) is 0.750. The van der Waals surface area contributed by atoms with E-state index < -0.39 is 0 Å². The second kappa shape index (κ2) is 5.96. The summed E-state index contributed by atoms with van der Waals surface area (Å²) in [6, 6.07) is 1.93. The van der Waals surface area contributed by atoms with Gasteiger partial charge < -0.3 is 10.2 Å². The van der Waals surface area contributed by atoms with Crippen LogP contribution in [0.5, 0.6) is 0 Å². The highest BCUT2D eigenvalue weighted by Gasteiger charge is 1.94. The van der Waals surface area contributed by atoms with Crippen LogP contribution in [0.25, 0.3) is 0 Å². The summed E-state index contributed by atoms with van der Waals surface area (Å²) in [6.07, 6.45) is 3.47. The van der Waals surface area contributed by atoms with E-state index in [4.69, 9.17) is 11.6 Å². The molecule has 0 aliphatic heterocycles. The molecule has 3 nitrogen and oxygen atoms in total. The van der Waals surface area contributed by atoms with Gasteiger partial charge in [-0.1, -0.05) is 11.6 Å². The molecule has 0 aromatic carbocycles. The van der Waals surface area contributed by atoms with Crippen molar-refractivity contribution in [3.05, 3.63) is 29.0 Å². The zero-order chi connectivity index (χ0) is 10.4. The third-order valence-electron chi connectivity index (χ3n) is 1.83. The Balaban J connectivity index is 2.25. The predicted molar refractivity (Wildman–Crippen MR) is 59.5 cm³/mol. The molecule has 0 aliphatic carbocycles. The van der Waals surface area contributed by atoms with Crippen LogP contribution in [0, 0.1) is 0 Å².